The maximum atomic E-state index is 12.9. The van der Waals surface area contributed by atoms with Crippen molar-refractivity contribution in [3.63, 3.8) is 0 Å². The number of rotatable bonds is 4. The van der Waals surface area contributed by atoms with Gasteiger partial charge in [0.05, 0.1) is 11.8 Å². The van der Waals surface area contributed by atoms with E-state index in [0.29, 0.717) is 24.8 Å². The number of nitrogens with zero attached hydrogens (tertiary/aromatic N) is 4. The third-order valence-electron chi connectivity index (χ3n) is 8.19. The van der Waals surface area contributed by atoms with Crippen LogP contribution in [0.4, 0.5) is 0 Å². The molecular weight excluding hydrogens is 464 g/mol. The van der Waals surface area contributed by atoms with Gasteiger partial charge in [-0.1, -0.05) is 19.9 Å². The number of benzene rings is 1. The number of fused-ring (bicyclic) bond motifs is 2. The molecule has 8 nitrogen and oxygen atoms in total. The van der Waals surface area contributed by atoms with E-state index in [2.05, 4.69) is 71.6 Å². The number of carbonyl (C=O) groups excluding carboxylic acids is 1. The van der Waals surface area contributed by atoms with E-state index in [1.54, 1.807) is 0 Å². The average Bonchev–Trinajstić information content (AvgIpc) is 3.59. The molecule has 1 aromatic carbocycles. The predicted molar refractivity (Wildman–Crippen MR) is 145 cm³/mol. The van der Waals surface area contributed by atoms with Gasteiger partial charge in [0, 0.05) is 35.8 Å². The van der Waals surface area contributed by atoms with Gasteiger partial charge in [-0.15, -0.1) is 0 Å². The van der Waals surface area contributed by atoms with E-state index in [-0.39, 0.29) is 5.91 Å². The van der Waals surface area contributed by atoms with Crippen LogP contribution in [0, 0.1) is 13.8 Å². The number of likely N-dealkylation sites (tertiary alicyclic amines) is 1. The Balaban J connectivity index is 1.29. The van der Waals surface area contributed by atoms with E-state index in [9.17, 15) is 9.90 Å². The van der Waals surface area contributed by atoms with Crippen LogP contribution in [0.1, 0.15) is 67.5 Å². The van der Waals surface area contributed by atoms with Crippen molar-refractivity contribution in [2.45, 2.75) is 70.9 Å². The zero-order valence-electron chi connectivity index (χ0n) is 22.1. The van der Waals surface area contributed by atoms with E-state index >= 15 is 0 Å². The van der Waals surface area contributed by atoms with Gasteiger partial charge in [0.15, 0.2) is 5.65 Å². The summed E-state index contributed by atoms with van der Waals surface area (Å²) in [6, 6.07) is 8.57. The summed E-state index contributed by atoms with van der Waals surface area (Å²) >= 11 is 0. The number of hydrogen-bond acceptors (Lipinski definition) is 5. The van der Waals surface area contributed by atoms with Crippen LogP contribution in [-0.4, -0.2) is 67.3 Å². The predicted octanol–water partition coefficient (Wildman–Crippen LogP) is 4.05. The molecule has 5 heterocycles. The Bertz CT molecular complexity index is 1480. The standard InChI is InChI=1S/C29H36N6O2/c1-16(2)25-22-14-20(19-8-11-34(12-9-19)29(37)27-24(36)7-10-30-27)5-6-23(22)32-26(25)21-13-17(3)28-31-18(4)33-35(28)15-21/h5-6,13-16,19,24,27,30,32,36H,7-12H2,1-4H3/t24-,27+/m1/s1. The topological polar surface area (TPSA) is 98.5 Å². The van der Waals surface area contributed by atoms with Crippen molar-refractivity contribution in [1.82, 2.24) is 29.8 Å². The molecule has 0 spiro atoms. The molecule has 2 aliphatic heterocycles. The third kappa shape index (κ3) is 4.22. The normalized spacial score (nSPS) is 21.1. The zero-order chi connectivity index (χ0) is 25.8. The number of pyridine rings is 1. The molecule has 0 saturated carbocycles. The first-order valence-corrected chi connectivity index (χ1v) is 13.5. The van der Waals surface area contributed by atoms with Gasteiger partial charge in [0.1, 0.15) is 11.9 Å². The molecule has 0 bridgehead atoms. The Morgan fingerprint density at radius 2 is 1.92 bits per heavy atom. The molecule has 2 aliphatic rings. The van der Waals surface area contributed by atoms with Gasteiger partial charge >= 0.3 is 0 Å². The number of hydrogen-bond donors (Lipinski definition) is 3. The number of aliphatic hydroxyl groups excluding tert-OH is 1. The fourth-order valence-corrected chi connectivity index (χ4v) is 6.28. The second kappa shape index (κ2) is 9.26. The number of aromatic nitrogens is 4. The summed E-state index contributed by atoms with van der Waals surface area (Å²) in [4.78, 5) is 23.1. The van der Waals surface area contributed by atoms with Gasteiger partial charge in [0.2, 0.25) is 5.91 Å². The number of carbonyl (C=O) groups is 1. The van der Waals surface area contributed by atoms with E-state index in [4.69, 9.17) is 0 Å². The lowest BCUT2D eigenvalue weighted by molar-refractivity contribution is -0.136. The lowest BCUT2D eigenvalue weighted by Gasteiger charge is -2.34. The number of H-pyrrole nitrogens is 1. The maximum Gasteiger partial charge on any atom is 0.242 e. The lowest BCUT2D eigenvalue weighted by Crippen LogP contribution is -2.50. The lowest BCUT2D eigenvalue weighted by atomic mass is 9.87. The second-order valence-electron chi connectivity index (χ2n) is 11.1. The SMILES string of the molecule is Cc1nc2c(C)cc(-c3[nH]c4ccc(C5CCN(C(=O)[C@H]6NCC[C@H]6O)CC5)cc4c3C(C)C)cn2n1. The monoisotopic (exact) mass is 500 g/mol. The summed E-state index contributed by atoms with van der Waals surface area (Å²) in [6.45, 7) is 10.7. The Kier molecular flexibility index (Phi) is 6.04. The van der Waals surface area contributed by atoms with Gasteiger partial charge in [-0.25, -0.2) is 9.50 Å². The third-order valence-corrected chi connectivity index (χ3v) is 8.19. The molecule has 3 N–H and O–H groups in total. The molecular formula is C29H36N6O2. The first-order valence-electron chi connectivity index (χ1n) is 13.5. The number of amides is 1. The van der Waals surface area contributed by atoms with Crippen molar-refractivity contribution in [2.75, 3.05) is 19.6 Å². The summed E-state index contributed by atoms with van der Waals surface area (Å²) in [5.41, 5.74) is 8.06. The Hall–Kier alpha value is -3.23. The molecule has 3 aromatic heterocycles. The molecule has 8 heteroatoms. The number of aliphatic hydroxyl groups is 1. The largest absolute Gasteiger partial charge is 0.391 e. The molecule has 0 unspecified atom stereocenters. The first kappa shape index (κ1) is 24.1. The molecule has 0 aliphatic carbocycles. The van der Waals surface area contributed by atoms with Crippen molar-refractivity contribution < 1.29 is 9.90 Å². The van der Waals surface area contributed by atoms with Crippen LogP contribution in [0.15, 0.2) is 30.5 Å². The quantitative estimate of drug-likeness (QED) is 0.393. The van der Waals surface area contributed by atoms with E-state index < -0.39 is 12.1 Å². The Morgan fingerprint density at radius 1 is 1.14 bits per heavy atom. The minimum absolute atomic E-state index is 0.0473. The van der Waals surface area contributed by atoms with E-state index in [1.165, 1.54) is 16.5 Å². The molecule has 37 heavy (non-hydrogen) atoms. The van der Waals surface area contributed by atoms with Crippen LogP contribution in [0.5, 0.6) is 0 Å². The summed E-state index contributed by atoms with van der Waals surface area (Å²) in [6.07, 6.45) is 4.03. The molecule has 2 fully saturated rings. The fourth-order valence-electron chi connectivity index (χ4n) is 6.28. The number of nitrogens with one attached hydrogen (secondary N) is 2. The molecule has 2 saturated heterocycles. The molecule has 1 amide bonds. The van der Waals surface area contributed by atoms with Crippen LogP contribution in [0.3, 0.4) is 0 Å². The summed E-state index contributed by atoms with van der Waals surface area (Å²) in [7, 11) is 0. The number of piperidine rings is 1. The van der Waals surface area contributed by atoms with Crippen molar-refractivity contribution in [1.29, 1.82) is 0 Å². The van der Waals surface area contributed by atoms with Crippen LogP contribution in [0.25, 0.3) is 27.8 Å². The van der Waals surface area contributed by atoms with Gasteiger partial charge in [0.25, 0.3) is 0 Å². The van der Waals surface area contributed by atoms with Crippen molar-refractivity contribution in [3.05, 3.63) is 53.0 Å². The minimum atomic E-state index is -0.567. The van der Waals surface area contributed by atoms with E-state index in [1.807, 2.05) is 16.3 Å². The van der Waals surface area contributed by atoms with Crippen LogP contribution in [0.2, 0.25) is 0 Å². The number of aromatic amines is 1. The zero-order valence-corrected chi connectivity index (χ0v) is 22.1. The van der Waals surface area contributed by atoms with Crippen molar-refractivity contribution in [2.24, 2.45) is 0 Å². The highest BCUT2D eigenvalue weighted by Gasteiger charge is 2.35. The minimum Gasteiger partial charge on any atom is -0.391 e. The highest BCUT2D eigenvalue weighted by Crippen LogP contribution is 2.38. The molecule has 194 valence electrons. The average molecular weight is 501 g/mol. The Labute approximate surface area is 217 Å². The molecule has 6 rings (SSSR count). The molecule has 4 aromatic rings. The summed E-state index contributed by atoms with van der Waals surface area (Å²) in [5.74, 6) is 1.59. The fraction of sp³-hybridized carbons (Fsp3) is 0.483. The Morgan fingerprint density at radius 3 is 2.62 bits per heavy atom. The summed E-state index contributed by atoms with van der Waals surface area (Å²) < 4.78 is 1.89. The van der Waals surface area contributed by atoms with Gasteiger partial charge in [-0.3, -0.25) is 4.79 Å². The van der Waals surface area contributed by atoms with Gasteiger partial charge in [-0.05, 0) is 86.4 Å². The summed E-state index contributed by atoms with van der Waals surface area (Å²) in [5, 5.41) is 19.1. The van der Waals surface area contributed by atoms with Gasteiger partial charge in [-0.2, -0.15) is 5.10 Å². The maximum absolute atomic E-state index is 12.9. The van der Waals surface area contributed by atoms with Crippen molar-refractivity contribution >= 4 is 22.5 Å². The highest BCUT2D eigenvalue weighted by atomic mass is 16.3. The van der Waals surface area contributed by atoms with Gasteiger partial charge < -0.3 is 20.3 Å². The molecule has 0 radical (unpaired) electrons. The van der Waals surface area contributed by atoms with E-state index in [0.717, 1.165) is 59.7 Å². The number of aryl methyl sites for hydroxylation is 2. The smallest absolute Gasteiger partial charge is 0.242 e. The van der Waals surface area contributed by atoms with Crippen LogP contribution in [-0.2, 0) is 4.79 Å². The highest BCUT2D eigenvalue weighted by molar-refractivity contribution is 5.92. The van der Waals surface area contributed by atoms with Crippen molar-refractivity contribution in [3.8, 4) is 11.3 Å². The van der Waals surface area contributed by atoms with Crippen LogP contribution >= 0.6 is 0 Å². The first-order chi connectivity index (χ1) is 17.8. The molecule has 2 atom stereocenters. The second-order valence-corrected chi connectivity index (χ2v) is 11.1. The van der Waals surface area contributed by atoms with Crippen LogP contribution < -0.4 is 5.32 Å².